The van der Waals surface area contributed by atoms with Gasteiger partial charge < -0.3 is 14.9 Å². The summed E-state index contributed by atoms with van der Waals surface area (Å²) in [5.41, 5.74) is -1.05. The Bertz CT molecular complexity index is 534. The van der Waals surface area contributed by atoms with Crippen molar-refractivity contribution in [2.75, 3.05) is 6.61 Å². The van der Waals surface area contributed by atoms with Gasteiger partial charge in [-0.3, -0.25) is 14.3 Å². The van der Waals surface area contributed by atoms with E-state index in [2.05, 4.69) is 4.98 Å². The van der Waals surface area contributed by atoms with E-state index in [0.717, 1.165) is 0 Å². The Kier molecular flexibility index (Phi) is 10.4. The van der Waals surface area contributed by atoms with Gasteiger partial charge in [0.05, 0.1) is 16.3 Å². The summed E-state index contributed by atoms with van der Waals surface area (Å²) in [6, 6.07) is 0. The molecule has 10 heteroatoms. The van der Waals surface area contributed by atoms with Crippen LogP contribution in [0.2, 0.25) is 0 Å². The van der Waals surface area contributed by atoms with Crippen molar-refractivity contribution < 1.29 is 103 Å². The van der Waals surface area contributed by atoms with Gasteiger partial charge in [-0.05, 0) is 22.6 Å². The number of hydrogen-bond donors (Lipinski definition) is 3. The quantitative estimate of drug-likeness (QED) is 0.326. The maximum absolute atomic E-state index is 11.6. The number of aliphatic hydroxyl groups is 2. The molecular formula is C9H11Ac2IN2O5. The van der Waals surface area contributed by atoms with Crippen LogP contribution in [-0.4, -0.2) is 38.6 Å². The minimum atomic E-state index is -0.818. The number of ether oxygens (including phenoxy) is 1. The van der Waals surface area contributed by atoms with E-state index in [-0.39, 0.29) is 101 Å². The molecule has 0 bridgehead atoms. The zero-order chi connectivity index (χ0) is 12.6. The summed E-state index contributed by atoms with van der Waals surface area (Å²) in [5.74, 6) is 0. The zero-order valence-electron chi connectivity index (χ0n) is 9.82. The number of H-pyrrole nitrogens is 1. The van der Waals surface area contributed by atoms with E-state index in [1.807, 2.05) is 0 Å². The number of halogens is 1. The molecule has 3 atom stereocenters. The Hall–Kier alpha value is 2.17. The van der Waals surface area contributed by atoms with E-state index in [4.69, 9.17) is 9.84 Å². The van der Waals surface area contributed by atoms with Gasteiger partial charge in [0.15, 0.2) is 0 Å². The molecule has 19 heavy (non-hydrogen) atoms. The molecule has 1 fully saturated rings. The predicted octanol–water partition coefficient (Wildman–Crippen LogP) is -1.22. The van der Waals surface area contributed by atoms with Crippen molar-refractivity contribution in [3.63, 3.8) is 0 Å². The van der Waals surface area contributed by atoms with Gasteiger partial charge in [0.1, 0.15) is 12.3 Å². The van der Waals surface area contributed by atoms with Gasteiger partial charge in [0.2, 0.25) is 0 Å². The predicted molar refractivity (Wildman–Crippen MR) is 65.7 cm³/mol. The Morgan fingerprint density at radius 1 is 1.47 bits per heavy atom. The van der Waals surface area contributed by atoms with Gasteiger partial charge >= 0.3 is 5.69 Å². The van der Waals surface area contributed by atoms with Crippen molar-refractivity contribution in [2.45, 2.75) is 24.9 Å². The fourth-order valence-corrected chi connectivity index (χ4v) is 2.16. The third-order valence-corrected chi connectivity index (χ3v) is 3.39. The van der Waals surface area contributed by atoms with E-state index in [1.54, 1.807) is 22.6 Å². The molecule has 2 heterocycles. The number of aromatic amines is 1. The van der Waals surface area contributed by atoms with Gasteiger partial charge in [0.25, 0.3) is 5.56 Å². The molecule has 1 aliphatic rings. The first-order chi connectivity index (χ1) is 8.02. The Morgan fingerprint density at radius 2 is 2.11 bits per heavy atom. The molecule has 1 aliphatic heterocycles. The fourth-order valence-electron chi connectivity index (χ4n) is 1.72. The number of aliphatic hydroxyl groups excluding tert-OH is 2. The maximum atomic E-state index is 11.6. The van der Waals surface area contributed by atoms with E-state index in [0.29, 0.717) is 3.57 Å². The molecule has 0 saturated carbocycles. The first-order valence-electron chi connectivity index (χ1n) is 4.98. The van der Waals surface area contributed by atoms with Crippen LogP contribution < -0.4 is 11.2 Å². The SMILES string of the molecule is O=c1[nH]c(=O)n(C2CC(O)C(CO)O2)cc1I.[Ac].[Ac]. The van der Waals surface area contributed by atoms with Crippen LogP contribution in [-0.2, 0) is 4.74 Å². The Labute approximate surface area is 193 Å². The minimum Gasteiger partial charge on any atom is -0.394 e. The van der Waals surface area contributed by atoms with Crippen molar-refractivity contribution in [2.24, 2.45) is 0 Å². The first-order valence-corrected chi connectivity index (χ1v) is 6.06. The summed E-state index contributed by atoms with van der Waals surface area (Å²) < 4.78 is 6.89. The third kappa shape index (κ3) is 5.09. The van der Waals surface area contributed by atoms with Crippen LogP contribution in [0.15, 0.2) is 15.8 Å². The first kappa shape index (κ1) is 21.2. The zero-order valence-corrected chi connectivity index (χ0v) is 21.5. The summed E-state index contributed by atoms with van der Waals surface area (Å²) >= 11 is 1.80. The average molecular weight is 808 g/mol. The summed E-state index contributed by atoms with van der Waals surface area (Å²) in [6.45, 7) is -0.313. The van der Waals surface area contributed by atoms with Crippen molar-refractivity contribution >= 4 is 22.6 Å². The second kappa shape index (κ2) is 9.34. The van der Waals surface area contributed by atoms with Crippen LogP contribution in [0.25, 0.3) is 0 Å². The van der Waals surface area contributed by atoms with Crippen LogP contribution in [0, 0.1) is 91.7 Å². The van der Waals surface area contributed by atoms with Gasteiger partial charge in [-0.15, -0.1) is 0 Å². The number of nitrogens with zero attached hydrogens (tertiary/aromatic N) is 1. The normalized spacial score (nSPS) is 25.5. The average Bonchev–Trinajstić information content (AvgIpc) is 2.65. The molecule has 1 saturated heterocycles. The molecule has 7 nitrogen and oxygen atoms in total. The summed E-state index contributed by atoms with van der Waals surface area (Å²) in [7, 11) is 0. The van der Waals surface area contributed by atoms with Crippen LogP contribution >= 0.6 is 22.6 Å². The second-order valence-corrected chi connectivity index (χ2v) is 4.92. The van der Waals surface area contributed by atoms with E-state index < -0.39 is 29.7 Å². The molecule has 0 amide bonds. The molecule has 0 spiro atoms. The van der Waals surface area contributed by atoms with Crippen molar-refractivity contribution in [1.29, 1.82) is 0 Å². The van der Waals surface area contributed by atoms with Gasteiger partial charge in [-0.2, -0.15) is 0 Å². The molecule has 0 aliphatic carbocycles. The van der Waals surface area contributed by atoms with Crippen LogP contribution in [0.4, 0.5) is 0 Å². The second-order valence-electron chi connectivity index (χ2n) is 3.76. The monoisotopic (exact) mass is 808 g/mol. The Balaban J connectivity index is 0.00000162. The van der Waals surface area contributed by atoms with Crippen molar-refractivity contribution in [3.05, 3.63) is 30.6 Å². The standard InChI is InChI=1S/C9H11IN2O5.2Ac/c10-4-2-12(9(16)11-8(4)15)7-1-5(14)6(3-13)17-7;;/h2,5-7,13-14H,1,3H2,(H,11,15,16);;. The number of hydrogen-bond acceptors (Lipinski definition) is 5. The minimum absolute atomic E-state index is 0. The number of rotatable bonds is 2. The molecule has 3 N–H and O–H groups in total. The van der Waals surface area contributed by atoms with Crippen LogP contribution in [0.5, 0.6) is 0 Å². The van der Waals surface area contributed by atoms with Crippen LogP contribution in [0.3, 0.4) is 0 Å². The van der Waals surface area contributed by atoms with E-state index in [9.17, 15) is 14.7 Å². The molecule has 1 aromatic rings. The number of nitrogens with one attached hydrogen (secondary N) is 1. The molecule has 3 unspecified atom stereocenters. The van der Waals surface area contributed by atoms with Crippen molar-refractivity contribution in [3.8, 4) is 0 Å². The maximum Gasteiger partial charge on any atom is 0.330 e. The Morgan fingerprint density at radius 3 is 2.63 bits per heavy atom. The van der Waals surface area contributed by atoms with Gasteiger partial charge in [-0.1, -0.05) is 0 Å². The van der Waals surface area contributed by atoms with Crippen molar-refractivity contribution in [1.82, 2.24) is 9.55 Å². The largest absolute Gasteiger partial charge is 0.394 e. The molecular weight excluding hydrogens is 797 g/mol. The smallest absolute Gasteiger partial charge is 0.330 e. The molecule has 2 rings (SSSR count). The summed E-state index contributed by atoms with van der Waals surface area (Å²) in [4.78, 5) is 24.9. The van der Waals surface area contributed by atoms with Gasteiger partial charge in [0, 0.05) is 101 Å². The summed E-state index contributed by atoms with van der Waals surface area (Å²) in [6.07, 6.45) is -0.607. The topological polar surface area (TPSA) is 105 Å². The molecule has 100 valence electrons. The van der Waals surface area contributed by atoms with Gasteiger partial charge in [-0.25, -0.2) is 4.79 Å². The third-order valence-electron chi connectivity index (χ3n) is 2.62. The van der Waals surface area contributed by atoms with Crippen LogP contribution in [0.1, 0.15) is 12.6 Å². The van der Waals surface area contributed by atoms with E-state index >= 15 is 0 Å². The number of aromatic nitrogens is 2. The summed E-state index contributed by atoms with van der Waals surface area (Å²) in [5, 5.41) is 18.5. The molecule has 2 radical (unpaired) electrons. The fraction of sp³-hybridized carbons (Fsp3) is 0.556. The molecule has 0 aromatic carbocycles. The molecule has 1 aromatic heterocycles. The van der Waals surface area contributed by atoms with E-state index in [1.165, 1.54) is 10.8 Å².